The third kappa shape index (κ3) is 4.26. The maximum absolute atomic E-state index is 12.1. The average Bonchev–Trinajstić information content (AvgIpc) is 2.34. The molecule has 19 heavy (non-hydrogen) atoms. The van der Waals surface area contributed by atoms with Crippen LogP contribution in [0, 0.1) is 0 Å². The van der Waals surface area contributed by atoms with E-state index in [9.17, 15) is 13.2 Å². The highest BCUT2D eigenvalue weighted by Gasteiger charge is 2.39. The molecule has 0 fully saturated rings. The molecule has 0 spiro atoms. The molecule has 4 nitrogen and oxygen atoms in total. The molecule has 0 radical (unpaired) electrons. The van der Waals surface area contributed by atoms with Gasteiger partial charge in [0.15, 0.2) is 17.6 Å². The van der Waals surface area contributed by atoms with Crippen LogP contribution in [0.3, 0.4) is 0 Å². The molecule has 0 saturated heterocycles. The van der Waals surface area contributed by atoms with Crippen LogP contribution in [0.2, 0.25) is 0 Å². The molecule has 1 aromatic carbocycles. The fourth-order valence-electron chi connectivity index (χ4n) is 1.26. The SMILES string of the molecule is COc1cc(CO)cc(Br)c1OCC(O)C(F)(F)F. The first-order valence-electron chi connectivity index (χ1n) is 5.14. The minimum Gasteiger partial charge on any atom is -0.493 e. The van der Waals surface area contributed by atoms with E-state index in [2.05, 4.69) is 15.9 Å². The van der Waals surface area contributed by atoms with Gasteiger partial charge in [-0.3, -0.25) is 0 Å². The summed E-state index contributed by atoms with van der Waals surface area (Å²) in [7, 11) is 1.32. The lowest BCUT2D eigenvalue weighted by atomic mass is 10.2. The van der Waals surface area contributed by atoms with Crippen molar-refractivity contribution in [3.63, 3.8) is 0 Å². The first kappa shape index (κ1) is 16.1. The van der Waals surface area contributed by atoms with E-state index < -0.39 is 18.9 Å². The molecule has 0 aliphatic carbocycles. The van der Waals surface area contributed by atoms with E-state index in [1.165, 1.54) is 19.2 Å². The summed E-state index contributed by atoms with van der Waals surface area (Å²) in [5.74, 6) is 0.191. The van der Waals surface area contributed by atoms with Crippen molar-refractivity contribution in [3.05, 3.63) is 22.2 Å². The zero-order chi connectivity index (χ0) is 14.6. The first-order chi connectivity index (χ1) is 8.79. The van der Waals surface area contributed by atoms with E-state index in [0.717, 1.165) is 0 Å². The van der Waals surface area contributed by atoms with Gasteiger partial charge in [0.05, 0.1) is 18.2 Å². The van der Waals surface area contributed by atoms with Crippen LogP contribution in [-0.2, 0) is 6.61 Å². The topological polar surface area (TPSA) is 58.9 Å². The zero-order valence-electron chi connectivity index (χ0n) is 9.87. The predicted molar refractivity (Wildman–Crippen MR) is 64.2 cm³/mol. The summed E-state index contributed by atoms with van der Waals surface area (Å²) in [6.45, 7) is -1.20. The summed E-state index contributed by atoms with van der Waals surface area (Å²) in [6, 6.07) is 2.91. The molecule has 1 aromatic rings. The van der Waals surface area contributed by atoms with Gasteiger partial charge >= 0.3 is 6.18 Å². The second kappa shape index (κ2) is 6.44. The molecule has 0 saturated carbocycles. The van der Waals surface area contributed by atoms with Crippen molar-refractivity contribution in [2.24, 2.45) is 0 Å². The van der Waals surface area contributed by atoms with Crippen LogP contribution in [0.4, 0.5) is 13.2 Å². The van der Waals surface area contributed by atoms with E-state index in [0.29, 0.717) is 10.0 Å². The van der Waals surface area contributed by atoms with Gasteiger partial charge in [-0.2, -0.15) is 13.2 Å². The number of hydrogen-bond acceptors (Lipinski definition) is 4. The van der Waals surface area contributed by atoms with Gasteiger partial charge in [-0.1, -0.05) is 0 Å². The molecule has 0 aromatic heterocycles. The van der Waals surface area contributed by atoms with E-state index >= 15 is 0 Å². The van der Waals surface area contributed by atoms with Crippen molar-refractivity contribution in [3.8, 4) is 11.5 Å². The van der Waals surface area contributed by atoms with Crippen molar-refractivity contribution in [2.45, 2.75) is 18.9 Å². The van der Waals surface area contributed by atoms with Gasteiger partial charge in [0, 0.05) is 0 Å². The van der Waals surface area contributed by atoms with Crippen molar-refractivity contribution < 1.29 is 32.9 Å². The fraction of sp³-hybridized carbons (Fsp3) is 0.455. The molecule has 108 valence electrons. The first-order valence-corrected chi connectivity index (χ1v) is 5.93. The Morgan fingerprint density at radius 1 is 1.37 bits per heavy atom. The number of hydrogen-bond donors (Lipinski definition) is 2. The van der Waals surface area contributed by atoms with Gasteiger partial charge in [-0.05, 0) is 33.6 Å². The number of methoxy groups -OCH3 is 1. The Balaban J connectivity index is 2.89. The molecule has 0 heterocycles. The number of alkyl halides is 3. The summed E-state index contributed by atoms with van der Waals surface area (Å²) in [5.41, 5.74) is 0.507. The Bertz CT molecular complexity index is 437. The summed E-state index contributed by atoms with van der Waals surface area (Å²) < 4.78 is 46.6. The number of aliphatic hydroxyl groups is 2. The molecule has 0 amide bonds. The van der Waals surface area contributed by atoms with Crippen LogP contribution in [0.1, 0.15) is 5.56 Å². The molecular weight excluding hydrogens is 333 g/mol. The van der Waals surface area contributed by atoms with Crippen LogP contribution < -0.4 is 9.47 Å². The number of aliphatic hydroxyl groups excluding tert-OH is 2. The maximum atomic E-state index is 12.1. The predicted octanol–water partition coefficient (Wildman–Crippen LogP) is 2.25. The molecule has 2 N–H and O–H groups in total. The number of halogens is 4. The largest absolute Gasteiger partial charge is 0.493 e. The van der Waals surface area contributed by atoms with Crippen molar-refractivity contribution in [1.29, 1.82) is 0 Å². The average molecular weight is 345 g/mol. The molecular formula is C11H12BrF3O4. The van der Waals surface area contributed by atoms with Crippen molar-refractivity contribution in [2.75, 3.05) is 13.7 Å². The van der Waals surface area contributed by atoms with Gasteiger partial charge < -0.3 is 19.7 Å². The highest BCUT2D eigenvalue weighted by molar-refractivity contribution is 9.10. The van der Waals surface area contributed by atoms with Gasteiger partial charge in [-0.25, -0.2) is 0 Å². The van der Waals surface area contributed by atoms with Gasteiger partial charge in [0.1, 0.15) is 6.61 Å². The van der Waals surface area contributed by atoms with Gasteiger partial charge in [0.2, 0.25) is 0 Å². The Kier molecular flexibility index (Phi) is 5.45. The summed E-state index contributed by atoms with van der Waals surface area (Å²) in [6.07, 6.45) is -7.33. The van der Waals surface area contributed by atoms with E-state index in [4.69, 9.17) is 19.7 Å². The molecule has 8 heteroatoms. The van der Waals surface area contributed by atoms with Crippen LogP contribution in [-0.4, -0.2) is 36.2 Å². The quantitative estimate of drug-likeness (QED) is 0.860. The van der Waals surface area contributed by atoms with E-state index in [1.807, 2.05) is 0 Å². The number of rotatable bonds is 5. The lowest BCUT2D eigenvalue weighted by Gasteiger charge is -2.18. The molecule has 1 unspecified atom stereocenters. The third-order valence-electron chi connectivity index (χ3n) is 2.24. The highest BCUT2D eigenvalue weighted by atomic mass is 79.9. The Hall–Kier alpha value is -0.990. The fourth-order valence-corrected chi connectivity index (χ4v) is 1.87. The Morgan fingerprint density at radius 3 is 2.47 bits per heavy atom. The lowest BCUT2D eigenvalue weighted by Crippen LogP contribution is -2.34. The van der Waals surface area contributed by atoms with Crippen molar-refractivity contribution >= 4 is 15.9 Å². The maximum Gasteiger partial charge on any atom is 0.417 e. The highest BCUT2D eigenvalue weighted by Crippen LogP contribution is 2.37. The monoisotopic (exact) mass is 344 g/mol. The third-order valence-corrected chi connectivity index (χ3v) is 2.82. The Labute approximate surface area is 115 Å². The minimum atomic E-state index is -4.75. The van der Waals surface area contributed by atoms with Crippen LogP contribution in [0.5, 0.6) is 11.5 Å². The zero-order valence-corrected chi connectivity index (χ0v) is 11.5. The van der Waals surface area contributed by atoms with Crippen LogP contribution in [0.25, 0.3) is 0 Å². The van der Waals surface area contributed by atoms with Crippen LogP contribution in [0.15, 0.2) is 16.6 Å². The molecule has 1 rings (SSSR count). The minimum absolute atomic E-state index is 0.0306. The molecule has 0 aliphatic heterocycles. The molecule has 0 aliphatic rings. The molecule has 0 bridgehead atoms. The normalized spacial score (nSPS) is 13.2. The standard InChI is InChI=1S/C11H12BrF3O4/c1-18-8-3-6(4-16)2-7(12)10(8)19-5-9(17)11(13,14)15/h2-3,9,16-17H,4-5H2,1H3. The smallest absolute Gasteiger partial charge is 0.417 e. The second-order valence-corrected chi connectivity index (χ2v) is 4.49. The van der Waals surface area contributed by atoms with E-state index in [-0.39, 0.29) is 18.1 Å². The summed E-state index contributed by atoms with van der Waals surface area (Å²) in [5, 5.41) is 17.8. The number of benzene rings is 1. The summed E-state index contributed by atoms with van der Waals surface area (Å²) >= 11 is 3.10. The van der Waals surface area contributed by atoms with Crippen molar-refractivity contribution in [1.82, 2.24) is 0 Å². The van der Waals surface area contributed by atoms with Gasteiger partial charge in [0.25, 0.3) is 0 Å². The van der Waals surface area contributed by atoms with E-state index in [1.54, 1.807) is 0 Å². The summed E-state index contributed by atoms with van der Waals surface area (Å²) in [4.78, 5) is 0. The number of ether oxygens (including phenoxy) is 2. The second-order valence-electron chi connectivity index (χ2n) is 3.64. The Morgan fingerprint density at radius 2 is 2.00 bits per heavy atom. The van der Waals surface area contributed by atoms with Gasteiger partial charge in [-0.15, -0.1) is 0 Å². The van der Waals surface area contributed by atoms with Crippen LogP contribution >= 0.6 is 15.9 Å². The lowest BCUT2D eigenvalue weighted by molar-refractivity contribution is -0.210. The molecule has 1 atom stereocenters.